The van der Waals surface area contributed by atoms with Crippen LogP contribution < -0.4 is 0 Å². The molecular formula is C12H9F3N4OS. The molecule has 0 bridgehead atoms. The Morgan fingerprint density at radius 1 is 1.24 bits per heavy atom. The van der Waals surface area contributed by atoms with Crippen molar-refractivity contribution < 1.29 is 17.6 Å². The number of para-hydroxylation sites is 2. The minimum absolute atomic E-state index is 0.157. The van der Waals surface area contributed by atoms with Crippen LogP contribution in [0.3, 0.4) is 0 Å². The van der Waals surface area contributed by atoms with E-state index < -0.39 is 12.0 Å². The topological polar surface area (TPSA) is 56.7 Å². The highest BCUT2D eigenvalue weighted by Gasteiger charge is 2.37. The second kappa shape index (κ2) is 5.06. The number of alkyl halides is 3. The highest BCUT2D eigenvalue weighted by atomic mass is 32.2. The third-order valence-electron chi connectivity index (χ3n) is 2.75. The van der Waals surface area contributed by atoms with Gasteiger partial charge in [0, 0.05) is 7.05 Å². The van der Waals surface area contributed by atoms with Crippen LogP contribution in [0.4, 0.5) is 13.2 Å². The number of rotatable bonds is 3. The monoisotopic (exact) mass is 314 g/mol. The largest absolute Gasteiger partial charge is 0.451 e. The molecule has 0 atom stereocenters. The summed E-state index contributed by atoms with van der Waals surface area (Å²) in [5.41, 5.74) is 1.35. The molecule has 0 aliphatic heterocycles. The molecule has 5 nitrogen and oxygen atoms in total. The molecule has 0 fully saturated rings. The van der Waals surface area contributed by atoms with Crippen molar-refractivity contribution in [2.45, 2.75) is 17.1 Å². The molecule has 1 aromatic carbocycles. The Labute approximate surface area is 121 Å². The molecule has 0 amide bonds. The molecule has 110 valence electrons. The molecule has 3 rings (SSSR count). The molecule has 0 aliphatic rings. The summed E-state index contributed by atoms with van der Waals surface area (Å²) in [6.45, 7) is 0. The Balaban J connectivity index is 1.77. The molecule has 0 saturated carbocycles. The first-order valence-electron chi connectivity index (χ1n) is 5.89. The lowest BCUT2D eigenvalue weighted by Crippen LogP contribution is -2.12. The number of nitrogens with zero attached hydrogens (tertiary/aromatic N) is 4. The SMILES string of the molecule is Cn1c(SCc2nc3ccccc3o2)nnc1C(F)(F)F. The van der Waals surface area contributed by atoms with E-state index in [2.05, 4.69) is 15.2 Å². The number of thioether (sulfide) groups is 1. The standard InChI is InChI=1S/C12H9F3N4OS/c1-19-10(12(13,14)15)17-18-11(19)21-6-9-16-7-4-2-3-5-8(7)20-9/h2-5H,6H2,1H3. The van der Waals surface area contributed by atoms with Crippen molar-refractivity contribution in [2.75, 3.05) is 0 Å². The van der Waals surface area contributed by atoms with Gasteiger partial charge in [0.25, 0.3) is 0 Å². The third-order valence-corrected chi connectivity index (χ3v) is 3.76. The van der Waals surface area contributed by atoms with Crippen LogP contribution in [0, 0.1) is 0 Å². The lowest BCUT2D eigenvalue weighted by Gasteiger charge is -2.05. The summed E-state index contributed by atoms with van der Waals surface area (Å²) in [7, 11) is 1.28. The highest BCUT2D eigenvalue weighted by Crippen LogP contribution is 2.30. The maximum atomic E-state index is 12.6. The molecule has 2 aromatic heterocycles. The summed E-state index contributed by atoms with van der Waals surface area (Å²) >= 11 is 1.09. The van der Waals surface area contributed by atoms with Crippen LogP contribution in [0.2, 0.25) is 0 Å². The number of oxazole rings is 1. The fourth-order valence-electron chi connectivity index (χ4n) is 1.80. The van der Waals surface area contributed by atoms with Gasteiger partial charge in [-0.1, -0.05) is 23.9 Å². The Morgan fingerprint density at radius 3 is 2.67 bits per heavy atom. The van der Waals surface area contributed by atoms with Gasteiger partial charge in [0.15, 0.2) is 10.7 Å². The zero-order valence-corrected chi connectivity index (χ0v) is 11.6. The van der Waals surface area contributed by atoms with Gasteiger partial charge in [-0.15, -0.1) is 10.2 Å². The van der Waals surface area contributed by atoms with Crippen LogP contribution in [-0.2, 0) is 19.0 Å². The summed E-state index contributed by atoms with van der Waals surface area (Å²) in [5, 5.41) is 6.85. The van der Waals surface area contributed by atoms with Crippen LogP contribution in [-0.4, -0.2) is 19.7 Å². The number of halogens is 3. The van der Waals surface area contributed by atoms with Gasteiger partial charge in [0.2, 0.25) is 11.7 Å². The smallest absolute Gasteiger partial charge is 0.440 e. The van der Waals surface area contributed by atoms with Crippen LogP contribution in [0.5, 0.6) is 0 Å². The molecule has 21 heavy (non-hydrogen) atoms. The molecule has 0 radical (unpaired) electrons. The summed E-state index contributed by atoms with van der Waals surface area (Å²) in [5.74, 6) is -0.321. The van der Waals surface area contributed by atoms with E-state index in [9.17, 15) is 13.2 Å². The minimum atomic E-state index is -4.52. The van der Waals surface area contributed by atoms with E-state index in [0.717, 1.165) is 16.3 Å². The zero-order valence-electron chi connectivity index (χ0n) is 10.8. The molecule has 9 heteroatoms. The number of hydrogen-bond donors (Lipinski definition) is 0. The number of aromatic nitrogens is 4. The lowest BCUT2D eigenvalue weighted by molar-refractivity contribution is -0.147. The third kappa shape index (κ3) is 2.73. The Kier molecular flexibility index (Phi) is 3.36. The van der Waals surface area contributed by atoms with Crippen molar-refractivity contribution in [1.82, 2.24) is 19.7 Å². The normalized spacial score (nSPS) is 12.2. The predicted molar refractivity (Wildman–Crippen MR) is 69.6 cm³/mol. The number of hydrogen-bond acceptors (Lipinski definition) is 5. The highest BCUT2D eigenvalue weighted by molar-refractivity contribution is 7.98. The van der Waals surface area contributed by atoms with E-state index in [0.29, 0.717) is 17.0 Å². The van der Waals surface area contributed by atoms with Gasteiger partial charge in [-0.2, -0.15) is 13.2 Å². The van der Waals surface area contributed by atoms with E-state index in [-0.39, 0.29) is 10.9 Å². The van der Waals surface area contributed by atoms with Gasteiger partial charge in [0.05, 0.1) is 5.75 Å². The molecular weight excluding hydrogens is 305 g/mol. The van der Waals surface area contributed by atoms with Crippen molar-refractivity contribution in [3.63, 3.8) is 0 Å². The fourth-order valence-corrected chi connectivity index (χ4v) is 2.55. The van der Waals surface area contributed by atoms with E-state index in [1.54, 1.807) is 12.1 Å². The molecule has 0 N–H and O–H groups in total. The average molecular weight is 314 g/mol. The molecule has 2 heterocycles. The second-order valence-corrected chi connectivity index (χ2v) is 5.17. The van der Waals surface area contributed by atoms with Crippen molar-refractivity contribution in [3.8, 4) is 0 Å². The van der Waals surface area contributed by atoms with Gasteiger partial charge in [-0.05, 0) is 12.1 Å². The first kappa shape index (κ1) is 13.9. The summed E-state index contributed by atoms with van der Waals surface area (Å²) in [6.07, 6.45) is -4.52. The molecule has 0 aliphatic carbocycles. The van der Waals surface area contributed by atoms with Crippen molar-refractivity contribution >= 4 is 22.9 Å². The number of fused-ring (bicyclic) bond motifs is 1. The predicted octanol–water partition coefficient (Wildman–Crippen LogP) is 3.27. The van der Waals surface area contributed by atoms with Crippen LogP contribution in [0.25, 0.3) is 11.1 Å². The summed E-state index contributed by atoms with van der Waals surface area (Å²) < 4.78 is 44.2. The van der Waals surface area contributed by atoms with Crippen molar-refractivity contribution in [1.29, 1.82) is 0 Å². The van der Waals surface area contributed by atoms with E-state index in [1.807, 2.05) is 12.1 Å². The van der Waals surface area contributed by atoms with Gasteiger partial charge in [-0.3, -0.25) is 0 Å². The van der Waals surface area contributed by atoms with E-state index in [4.69, 9.17) is 4.42 Å². The fraction of sp³-hybridized carbons (Fsp3) is 0.250. The molecule has 0 unspecified atom stereocenters. The van der Waals surface area contributed by atoms with Gasteiger partial charge < -0.3 is 8.98 Å². The first-order valence-corrected chi connectivity index (χ1v) is 6.87. The van der Waals surface area contributed by atoms with Crippen molar-refractivity contribution in [2.24, 2.45) is 7.05 Å². The van der Waals surface area contributed by atoms with Crippen molar-refractivity contribution in [3.05, 3.63) is 36.0 Å². The number of benzene rings is 1. The Hall–Kier alpha value is -2.03. The first-order chi connectivity index (χ1) is 9.95. The van der Waals surface area contributed by atoms with Gasteiger partial charge >= 0.3 is 6.18 Å². The van der Waals surface area contributed by atoms with E-state index >= 15 is 0 Å². The molecule has 3 aromatic rings. The average Bonchev–Trinajstić information content (AvgIpc) is 2.98. The minimum Gasteiger partial charge on any atom is -0.440 e. The second-order valence-electron chi connectivity index (χ2n) is 4.23. The Bertz CT molecular complexity index is 747. The Morgan fingerprint density at radius 2 is 2.00 bits per heavy atom. The van der Waals surface area contributed by atoms with Gasteiger partial charge in [0.1, 0.15) is 5.52 Å². The van der Waals surface area contributed by atoms with Gasteiger partial charge in [-0.25, -0.2) is 4.98 Å². The zero-order chi connectivity index (χ0) is 15.0. The van der Waals surface area contributed by atoms with Crippen LogP contribution in [0.15, 0.2) is 33.8 Å². The van der Waals surface area contributed by atoms with E-state index in [1.165, 1.54) is 7.05 Å². The maximum absolute atomic E-state index is 12.6. The molecule has 0 saturated heterocycles. The summed E-state index contributed by atoms with van der Waals surface area (Å²) in [4.78, 5) is 4.25. The molecule has 0 spiro atoms. The van der Waals surface area contributed by atoms with Crippen LogP contribution >= 0.6 is 11.8 Å². The van der Waals surface area contributed by atoms with Crippen LogP contribution in [0.1, 0.15) is 11.7 Å². The quantitative estimate of drug-likeness (QED) is 0.695. The maximum Gasteiger partial charge on any atom is 0.451 e. The lowest BCUT2D eigenvalue weighted by atomic mass is 10.3. The summed E-state index contributed by atoms with van der Waals surface area (Å²) in [6, 6.07) is 7.24.